The van der Waals surface area contributed by atoms with Crippen LogP contribution in [0.15, 0.2) is 30.6 Å². The summed E-state index contributed by atoms with van der Waals surface area (Å²) in [5, 5.41) is 0.959. The number of hydrogen-bond donors (Lipinski definition) is 1. The number of amides is 1. The van der Waals surface area contributed by atoms with Gasteiger partial charge in [-0.05, 0) is 18.2 Å². The summed E-state index contributed by atoms with van der Waals surface area (Å²) in [5.41, 5.74) is 6.60. The van der Waals surface area contributed by atoms with E-state index in [0.29, 0.717) is 5.69 Å². The van der Waals surface area contributed by atoms with Crippen molar-refractivity contribution in [2.75, 3.05) is 0 Å². The quantitative estimate of drug-likeness (QED) is 0.750. The van der Waals surface area contributed by atoms with Crippen molar-refractivity contribution in [1.82, 2.24) is 9.97 Å². The third-order valence-electron chi connectivity index (χ3n) is 1.90. The summed E-state index contributed by atoms with van der Waals surface area (Å²) in [6.45, 7) is 0. The van der Waals surface area contributed by atoms with Crippen LogP contribution in [0.4, 0.5) is 0 Å². The van der Waals surface area contributed by atoms with Crippen molar-refractivity contribution < 1.29 is 4.79 Å². The maximum atomic E-state index is 10.7. The van der Waals surface area contributed by atoms with E-state index in [0.717, 1.165) is 10.9 Å². The highest BCUT2D eigenvalue weighted by Crippen LogP contribution is 2.10. The first kappa shape index (κ1) is 8.62. The van der Waals surface area contributed by atoms with Gasteiger partial charge in [0.05, 0.1) is 17.6 Å². The van der Waals surface area contributed by atoms with Crippen molar-refractivity contribution in [3.63, 3.8) is 0 Å². The number of rotatable bonds is 2. The molecule has 2 aromatic rings. The van der Waals surface area contributed by atoms with Crippen LogP contribution in [0, 0.1) is 0 Å². The molecule has 4 heteroatoms. The average molecular weight is 187 g/mol. The van der Waals surface area contributed by atoms with Gasteiger partial charge < -0.3 is 5.73 Å². The molecule has 0 atom stereocenters. The van der Waals surface area contributed by atoms with Crippen LogP contribution in [-0.2, 0) is 11.2 Å². The topological polar surface area (TPSA) is 68.9 Å². The molecule has 14 heavy (non-hydrogen) atoms. The lowest BCUT2D eigenvalue weighted by Crippen LogP contribution is -2.14. The molecule has 2 N–H and O–H groups in total. The highest BCUT2D eigenvalue weighted by molar-refractivity contribution is 5.80. The SMILES string of the molecule is NC(=O)Cc1ccc2cnccc2n1. The molecule has 0 aliphatic carbocycles. The zero-order valence-corrected chi connectivity index (χ0v) is 7.47. The first-order chi connectivity index (χ1) is 6.75. The van der Waals surface area contributed by atoms with Crippen LogP contribution in [-0.4, -0.2) is 15.9 Å². The van der Waals surface area contributed by atoms with Crippen LogP contribution < -0.4 is 5.73 Å². The summed E-state index contributed by atoms with van der Waals surface area (Å²) in [6.07, 6.45) is 3.58. The maximum Gasteiger partial charge on any atom is 0.223 e. The Balaban J connectivity index is 2.46. The van der Waals surface area contributed by atoms with Crippen LogP contribution in [0.2, 0.25) is 0 Å². The number of hydrogen-bond acceptors (Lipinski definition) is 3. The minimum absolute atomic E-state index is 0.179. The van der Waals surface area contributed by atoms with Crippen molar-refractivity contribution in [1.29, 1.82) is 0 Å². The Bertz CT molecular complexity index is 482. The van der Waals surface area contributed by atoms with E-state index in [-0.39, 0.29) is 12.3 Å². The Hall–Kier alpha value is -1.97. The van der Waals surface area contributed by atoms with Gasteiger partial charge in [0.1, 0.15) is 0 Å². The van der Waals surface area contributed by atoms with Crippen LogP contribution in [0.3, 0.4) is 0 Å². The minimum Gasteiger partial charge on any atom is -0.369 e. The Morgan fingerprint density at radius 1 is 1.36 bits per heavy atom. The van der Waals surface area contributed by atoms with Crippen molar-refractivity contribution in [3.8, 4) is 0 Å². The fraction of sp³-hybridized carbons (Fsp3) is 0.100. The van der Waals surface area contributed by atoms with Crippen molar-refractivity contribution in [3.05, 3.63) is 36.3 Å². The average Bonchev–Trinajstić information content (AvgIpc) is 2.17. The predicted octanol–water partition coefficient (Wildman–Crippen LogP) is 0.658. The van der Waals surface area contributed by atoms with Gasteiger partial charge in [-0.2, -0.15) is 0 Å². The molecule has 2 rings (SSSR count). The summed E-state index contributed by atoms with van der Waals surface area (Å²) < 4.78 is 0. The number of fused-ring (bicyclic) bond motifs is 1. The third kappa shape index (κ3) is 1.69. The van der Waals surface area contributed by atoms with Crippen LogP contribution in [0.5, 0.6) is 0 Å². The summed E-state index contributed by atoms with van der Waals surface area (Å²) in [7, 11) is 0. The van der Waals surface area contributed by atoms with Gasteiger partial charge in [-0.3, -0.25) is 14.8 Å². The van der Waals surface area contributed by atoms with Crippen LogP contribution >= 0.6 is 0 Å². The summed E-state index contributed by atoms with van der Waals surface area (Å²) in [5.74, 6) is -0.370. The predicted molar refractivity (Wildman–Crippen MR) is 52.4 cm³/mol. The molecule has 0 saturated carbocycles. The molecule has 2 aromatic heterocycles. The van der Waals surface area contributed by atoms with Gasteiger partial charge in [0, 0.05) is 17.8 Å². The largest absolute Gasteiger partial charge is 0.369 e. The third-order valence-corrected chi connectivity index (χ3v) is 1.90. The van der Waals surface area contributed by atoms with Gasteiger partial charge in [0.25, 0.3) is 0 Å². The normalized spacial score (nSPS) is 10.3. The first-order valence-corrected chi connectivity index (χ1v) is 4.23. The standard InChI is InChI=1S/C10H9N3O/c11-10(14)5-8-2-1-7-6-12-4-3-9(7)13-8/h1-4,6H,5H2,(H2,11,14). The van der Waals surface area contributed by atoms with E-state index >= 15 is 0 Å². The van der Waals surface area contributed by atoms with Gasteiger partial charge in [0.2, 0.25) is 5.91 Å². The fourth-order valence-corrected chi connectivity index (χ4v) is 1.28. The van der Waals surface area contributed by atoms with Crippen LogP contribution in [0.1, 0.15) is 5.69 Å². The van der Waals surface area contributed by atoms with Gasteiger partial charge in [0.15, 0.2) is 0 Å². The second-order valence-corrected chi connectivity index (χ2v) is 3.01. The van der Waals surface area contributed by atoms with E-state index in [4.69, 9.17) is 5.73 Å². The molecule has 0 aliphatic rings. The molecule has 0 spiro atoms. The number of pyridine rings is 2. The van der Waals surface area contributed by atoms with Crippen molar-refractivity contribution in [2.45, 2.75) is 6.42 Å². The summed E-state index contributed by atoms with van der Waals surface area (Å²) in [6, 6.07) is 5.47. The van der Waals surface area contributed by atoms with E-state index in [1.165, 1.54) is 0 Å². The Kier molecular flexibility index (Phi) is 2.10. The molecule has 70 valence electrons. The zero-order valence-electron chi connectivity index (χ0n) is 7.47. The molecule has 0 radical (unpaired) electrons. The maximum absolute atomic E-state index is 10.7. The second-order valence-electron chi connectivity index (χ2n) is 3.01. The highest BCUT2D eigenvalue weighted by atomic mass is 16.1. The molecule has 4 nitrogen and oxygen atoms in total. The van der Waals surface area contributed by atoms with E-state index < -0.39 is 0 Å². The Morgan fingerprint density at radius 2 is 2.21 bits per heavy atom. The number of carbonyl (C=O) groups is 1. The van der Waals surface area contributed by atoms with Crippen molar-refractivity contribution >= 4 is 16.8 Å². The van der Waals surface area contributed by atoms with E-state index in [9.17, 15) is 4.79 Å². The molecular formula is C10H9N3O. The molecule has 0 aromatic carbocycles. The fourth-order valence-electron chi connectivity index (χ4n) is 1.28. The molecule has 2 heterocycles. The number of primary amides is 1. The molecular weight excluding hydrogens is 178 g/mol. The lowest BCUT2D eigenvalue weighted by atomic mass is 10.2. The minimum atomic E-state index is -0.370. The number of nitrogens with zero attached hydrogens (tertiary/aromatic N) is 2. The monoisotopic (exact) mass is 187 g/mol. The smallest absolute Gasteiger partial charge is 0.223 e. The molecule has 0 bridgehead atoms. The Morgan fingerprint density at radius 3 is 3.00 bits per heavy atom. The van der Waals surface area contributed by atoms with Gasteiger partial charge in [-0.15, -0.1) is 0 Å². The molecule has 0 saturated heterocycles. The van der Waals surface area contributed by atoms with Gasteiger partial charge >= 0.3 is 0 Å². The Labute approximate surface area is 80.8 Å². The first-order valence-electron chi connectivity index (χ1n) is 4.23. The molecule has 0 unspecified atom stereocenters. The zero-order chi connectivity index (χ0) is 9.97. The van der Waals surface area contributed by atoms with Gasteiger partial charge in [-0.1, -0.05) is 0 Å². The summed E-state index contributed by atoms with van der Waals surface area (Å²) >= 11 is 0. The number of aromatic nitrogens is 2. The van der Waals surface area contributed by atoms with Crippen molar-refractivity contribution in [2.24, 2.45) is 5.73 Å². The summed E-state index contributed by atoms with van der Waals surface area (Å²) in [4.78, 5) is 18.9. The molecule has 0 fully saturated rings. The van der Waals surface area contributed by atoms with Gasteiger partial charge in [-0.25, -0.2) is 0 Å². The lowest BCUT2D eigenvalue weighted by Gasteiger charge is -1.99. The van der Waals surface area contributed by atoms with Crippen LogP contribution in [0.25, 0.3) is 10.9 Å². The molecule has 0 aliphatic heterocycles. The molecule has 1 amide bonds. The van der Waals surface area contributed by atoms with E-state index in [1.807, 2.05) is 6.07 Å². The van der Waals surface area contributed by atoms with E-state index in [1.54, 1.807) is 24.5 Å². The second kappa shape index (κ2) is 3.41. The highest BCUT2D eigenvalue weighted by Gasteiger charge is 2.01. The number of nitrogens with two attached hydrogens (primary N) is 1. The lowest BCUT2D eigenvalue weighted by molar-refractivity contribution is -0.117. The number of carbonyl (C=O) groups excluding carboxylic acids is 1. The van der Waals surface area contributed by atoms with E-state index in [2.05, 4.69) is 9.97 Å².